The molecule has 2 aliphatic rings. The molecule has 0 bridgehead atoms. The molecule has 0 spiro atoms. The van der Waals surface area contributed by atoms with Crippen LogP contribution in [-0.2, 0) is 4.74 Å². The summed E-state index contributed by atoms with van der Waals surface area (Å²) in [5.41, 5.74) is 7.48. The van der Waals surface area contributed by atoms with Crippen molar-refractivity contribution in [3.63, 3.8) is 0 Å². The van der Waals surface area contributed by atoms with Crippen LogP contribution < -0.4 is 10.6 Å². The lowest BCUT2D eigenvalue weighted by atomic mass is 10.2. The van der Waals surface area contributed by atoms with Gasteiger partial charge in [-0.3, -0.25) is 4.79 Å². The highest BCUT2D eigenvalue weighted by molar-refractivity contribution is 5.91. The Bertz CT molecular complexity index is 670. The van der Waals surface area contributed by atoms with Crippen LogP contribution in [-0.4, -0.2) is 72.1 Å². The number of anilines is 1. The molecule has 1 atom stereocenters. The van der Waals surface area contributed by atoms with E-state index in [1.54, 1.807) is 6.92 Å². The van der Waals surface area contributed by atoms with Crippen molar-refractivity contribution in [3.8, 4) is 0 Å². The molecule has 7 nitrogen and oxygen atoms in total. The fourth-order valence-electron chi connectivity index (χ4n) is 3.11. The van der Waals surface area contributed by atoms with Crippen molar-refractivity contribution in [1.82, 2.24) is 14.9 Å². The van der Waals surface area contributed by atoms with E-state index in [0.717, 1.165) is 23.4 Å². The van der Waals surface area contributed by atoms with Crippen LogP contribution in [0.3, 0.4) is 0 Å². The molecular formula is C16H23F2N5O2. The van der Waals surface area contributed by atoms with Gasteiger partial charge < -0.3 is 20.3 Å². The summed E-state index contributed by atoms with van der Waals surface area (Å²) in [4.78, 5) is 24.4. The number of nitrogens with zero attached hydrogens (tertiary/aromatic N) is 4. The zero-order valence-electron chi connectivity index (χ0n) is 14.5. The standard InChI is InChI=1S/C16H23F2N5O2/c1-10-11(2)20-13(21-14(10)22-4-3-12(19)7-22)15(24)23-5-6-25-9-16(17,18)8-23/h12H,3-9,19H2,1-2H3/t12-/m1/s1. The van der Waals surface area contributed by atoms with Gasteiger partial charge in [0.25, 0.3) is 11.8 Å². The molecule has 0 radical (unpaired) electrons. The minimum Gasteiger partial charge on any atom is -0.373 e. The second kappa shape index (κ2) is 6.80. The second-order valence-electron chi connectivity index (χ2n) is 6.71. The van der Waals surface area contributed by atoms with Crippen molar-refractivity contribution >= 4 is 11.7 Å². The van der Waals surface area contributed by atoms with Crippen LogP contribution in [0.15, 0.2) is 0 Å². The largest absolute Gasteiger partial charge is 0.373 e. The zero-order chi connectivity index (χ0) is 18.2. The van der Waals surface area contributed by atoms with Crippen molar-refractivity contribution in [2.45, 2.75) is 32.2 Å². The third-order valence-electron chi connectivity index (χ3n) is 4.61. The summed E-state index contributed by atoms with van der Waals surface area (Å²) in [5, 5.41) is 0. The van der Waals surface area contributed by atoms with E-state index in [2.05, 4.69) is 9.97 Å². The molecule has 2 fully saturated rings. The smallest absolute Gasteiger partial charge is 0.292 e. The second-order valence-corrected chi connectivity index (χ2v) is 6.71. The number of aromatic nitrogens is 2. The van der Waals surface area contributed by atoms with Gasteiger partial charge >= 0.3 is 0 Å². The van der Waals surface area contributed by atoms with Crippen molar-refractivity contribution in [2.24, 2.45) is 5.73 Å². The molecule has 1 aromatic heterocycles. The maximum Gasteiger partial charge on any atom is 0.292 e. The van der Waals surface area contributed by atoms with E-state index >= 15 is 0 Å². The highest BCUT2D eigenvalue weighted by Crippen LogP contribution is 2.25. The first kappa shape index (κ1) is 17.9. The van der Waals surface area contributed by atoms with E-state index < -0.39 is 25.0 Å². The Morgan fingerprint density at radius 2 is 2.08 bits per heavy atom. The summed E-state index contributed by atoms with van der Waals surface area (Å²) in [7, 11) is 0. The van der Waals surface area contributed by atoms with Crippen LogP contribution in [0.2, 0.25) is 0 Å². The van der Waals surface area contributed by atoms with Crippen molar-refractivity contribution in [1.29, 1.82) is 0 Å². The van der Waals surface area contributed by atoms with Gasteiger partial charge in [0.1, 0.15) is 12.4 Å². The average Bonchev–Trinajstić information content (AvgIpc) is 2.89. The van der Waals surface area contributed by atoms with E-state index in [-0.39, 0.29) is 25.0 Å². The number of ether oxygens (including phenoxy) is 1. The van der Waals surface area contributed by atoms with E-state index in [0.29, 0.717) is 18.1 Å². The van der Waals surface area contributed by atoms with Crippen LogP contribution in [0.1, 0.15) is 28.3 Å². The first-order valence-electron chi connectivity index (χ1n) is 8.37. The minimum atomic E-state index is -3.07. The van der Waals surface area contributed by atoms with Crippen LogP contribution >= 0.6 is 0 Å². The van der Waals surface area contributed by atoms with Crippen LogP contribution in [0.4, 0.5) is 14.6 Å². The molecule has 3 heterocycles. The van der Waals surface area contributed by atoms with Crippen molar-refractivity contribution in [3.05, 3.63) is 17.1 Å². The number of carbonyl (C=O) groups excluding carboxylic acids is 1. The molecule has 25 heavy (non-hydrogen) atoms. The van der Waals surface area contributed by atoms with Gasteiger partial charge in [-0.15, -0.1) is 0 Å². The molecule has 0 saturated carbocycles. The lowest BCUT2D eigenvalue weighted by molar-refractivity contribution is -0.0661. The Morgan fingerprint density at radius 1 is 1.32 bits per heavy atom. The highest BCUT2D eigenvalue weighted by atomic mass is 19.3. The molecule has 1 aromatic rings. The first-order valence-corrected chi connectivity index (χ1v) is 8.37. The van der Waals surface area contributed by atoms with E-state index in [1.165, 1.54) is 0 Å². The summed E-state index contributed by atoms with van der Waals surface area (Å²) in [5.74, 6) is -3.08. The van der Waals surface area contributed by atoms with Crippen LogP contribution in [0, 0.1) is 13.8 Å². The molecular weight excluding hydrogens is 332 g/mol. The fourth-order valence-corrected chi connectivity index (χ4v) is 3.11. The normalized spacial score (nSPS) is 23.6. The van der Waals surface area contributed by atoms with Gasteiger partial charge in [0.15, 0.2) is 0 Å². The first-order chi connectivity index (χ1) is 11.8. The SMILES string of the molecule is Cc1nc(C(=O)N2CCOCC(F)(F)C2)nc(N2CC[C@@H](N)C2)c1C. The van der Waals surface area contributed by atoms with E-state index in [4.69, 9.17) is 10.5 Å². The fraction of sp³-hybridized carbons (Fsp3) is 0.688. The molecule has 0 unspecified atom stereocenters. The zero-order valence-corrected chi connectivity index (χ0v) is 14.5. The monoisotopic (exact) mass is 355 g/mol. The lowest BCUT2D eigenvalue weighted by Gasteiger charge is -2.24. The van der Waals surface area contributed by atoms with Crippen LogP contribution in [0.25, 0.3) is 0 Å². The molecule has 2 N–H and O–H groups in total. The summed E-state index contributed by atoms with van der Waals surface area (Å²) in [6.45, 7) is 3.87. The Balaban J connectivity index is 1.88. The third-order valence-corrected chi connectivity index (χ3v) is 4.61. The summed E-state index contributed by atoms with van der Waals surface area (Å²) in [6.07, 6.45) is 0.849. The summed E-state index contributed by atoms with van der Waals surface area (Å²) in [6, 6.07) is 0.0651. The Hall–Kier alpha value is -1.87. The number of nitrogens with two attached hydrogens (primary N) is 1. The quantitative estimate of drug-likeness (QED) is 0.842. The van der Waals surface area contributed by atoms with Gasteiger partial charge in [-0.2, -0.15) is 0 Å². The molecule has 138 valence electrons. The maximum atomic E-state index is 13.7. The average molecular weight is 355 g/mol. The Morgan fingerprint density at radius 3 is 2.76 bits per heavy atom. The van der Waals surface area contributed by atoms with Gasteiger partial charge in [-0.25, -0.2) is 18.7 Å². The number of hydrogen-bond donors (Lipinski definition) is 1. The van der Waals surface area contributed by atoms with Crippen LogP contribution in [0.5, 0.6) is 0 Å². The summed E-state index contributed by atoms with van der Waals surface area (Å²) < 4.78 is 32.3. The van der Waals surface area contributed by atoms with Gasteiger partial charge in [-0.1, -0.05) is 0 Å². The predicted octanol–water partition coefficient (Wildman–Crippen LogP) is 0.739. The van der Waals surface area contributed by atoms with E-state index in [9.17, 15) is 13.6 Å². The van der Waals surface area contributed by atoms with Gasteiger partial charge in [0, 0.05) is 36.9 Å². The van der Waals surface area contributed by atoms with Gasteiger partial charge in [0.2, 0.25) is 5.82 Å². The molecule has 0 aliphatic carbocycles. The predicted molar refractivity (Wildman–Crippen MR) is 88.0 cm³/mol. The Labute approximate surface area is 145 Å². The number of carbonyl (C=O) groups is 1. The topological polar surface area (TPSA) is 84.6 Å². The molecule has 2 aliphatic heterocycles. The number of amides is 1. The van der Waals surface area contributed by atoms with Gasteiger partial charge in [0.05, 0.1) is 13.2 Å². The number of halogens is 2. The number of alkyl halides is 2. The molecule has 9 heteroatoms. The van der Waals surface area contributed by atoms with Crippen molar-refractivity contribution < 1.29 is 18.3 Å². The number of aryl methyl sites for hydroxylation is 1. The Kier molecular flexibility index (Phi) is 4.88. The minimum absolute atomic E-state index is 0.0590. The van der Waals surface area contributed by atoms with Crippen molar-refractivity contribution in [2.75, 3.05) is 44.3 Å². The summed E-state index contributed by atoms with van der Waals surface area (Å²) >= 11 is 0. The molecule has 2 saturated heterocycles. The molecule has 1 amide bonds. The maximum absolute atomic E-state index is 13.7. The molecule has 3 rings (SSSR count). The van der Waals surface area contributed by atoms with Gasteiger partial charge in [-0.05, 0) is 20.3 Å². The third kappa shape index (κ3) is 3.87. The number of hydrogen-bond acceptors (Lipinski definition) is 6. The lowest BCUT2D eigenvalue weighted by Crippen LogP contribution is -2.42. The molecule has 0 aromatic carbocycles. The van der Waals surface area contributed by atoms with E-state index in [1.807, 2.05) is 11.8 Å². The number of rotatable bonds is 2. The highest BCUT2D eigenvalue weighted by Gasteiger charge is 2.37.